The van der Waals surface area contributed by atoms with E-state index in [0.717, 1.165) is 116 Å². The van der Waals surface area contributed by atoms with Crippen LogP contribution in [0.5, 0.6) is 23.5 Å². The van der Waals surface area contributed by atoms with Gasteiger partial charge in [0.25, 0.3) is 19.1 Å². The number of alkyl halides is 2. The number of halogens is 3. The summed E-state index contributed by atoms with van der Waals surface area (Å²) in [4.78, 5) is 22.5. The molecule has 2 amide bonds. The number of carbonyl (C=O) groups excluding carboxylic acids is 2. The minimum atomic E-state index is -4.08. The maximum atomic E-state index is 12.7. The van der Waals surface area contributed by atoms with E-state index in [4.69, 9.17) is 40.5 Å². The van der Waals surface area contributed by atoms with Crippen molar-refractivity contribution in [1.82, 2.24) is 55.3 Å². The number of urea groups is 1. The van der Waals surface area contributed by atoms with Gasteiger partial charge in [-0.25, -0.2) is 58.6 Å². The number of nitrogens with one attached hydrogen (secondary N) is 3. The molecule has 27 nitrogen and oxygen atoms in total. The van der Waals surface area contributed by atoms with Gasteiger partial charge in [-0.15, -0.1) is 0 Å². The van der Waals surface area contributed by atoms with Gasteiger partial charge in [0.15, 0.2) is 20.5 Å². The van der Waals surface area contributed by atoms with Gasteiger partial charge < -0.3 is 48.4 Å². The number of ether oxygens (including phenoxy) is 4. The fourth-order valence-electron chi connectivity index (χ4n) is 11.2. The number of nitrogens with zero attached hydrogens (tertiary/aromatic N) is 8. The van der Waals surface area contributed by atoms with Crippen molar-refractivity contribution in [3.63, 3.8) is 0 Å². The van der Waals surface area contributed by atoms with Crippen molar-refractivity contribution in [2.75, 3.05) is 54.7 Å². The molecule has 12 N–H and O–H groups in total. The Hall–Kier alpha value is -5.26. The molecular weight excluding hydrogens is 1390 g/mol. The van der Waals surface area contributed by atoms with E-state index in [1.54, 1.807) is 12.4 Å². The molecule has 0 radical (unpaired) electrons. The Labute approximate surface area is 568 Å². The van der Waals surface area contributed by atoms with Gasteiger partial charge in [0.2, 0.25) is 33.5 Å². The summed E-state index contributed by atoms with van der Waals surface area (Å²) in [5.74, 6) is 1.76. The first-order chi connectivity index (χ1) is 41.8. The molecule has 9 aliphatic rings. The number of fused-ring (bicyclic) bond motifs is 8. The van der Waals surface area contributed by atoms with Crippen LogP contribution in [0.4, 0.5) is 16.2 Å². The number of rotatable bonds is 7. The fourth-order valence-corrected chi connectivity index (χ4v) is 15.0. The number of sulfonamides is 2. The van der Waals surface area contributed by atoms with Gasteiger partial charge in [0.05, 0.1) is 57.8 Å². The molecule has 34 heteroatoms. The zero-order chi connectivity index (χ0) is 61.7. The fraction of sp³-hybridized carbons (Fsp3) is 0.500. The first kappa shape index (κ1) is 73.8. The predicted octanol–water partition coefficient (Wildman–Crippen LogP) is 3.26. The molecule has 15 rings (SSSR count). The number of primary sulfonamides is 1. The number of benzene rings is 2. The van der Waals surface area contributed by atoms with Crippen molar-refractivity contribution in [2.24, 2.45) is 5.14 Å². The number of ketones is 1. The van der Waals surface area contributed by atoms with Gasteiger partial charge >= 0.3 is 35.6 Å². The van der Waals surface area contributed by atoms with Crippen LogP contribution in [0.1, 0.15) is 104 Å². The molecule has 2 aromatic carbocycles. The van der Waals surface area contributed by atoms with E-state index in [1.165, 1.54) is 117 Å². The van der Waals surface area contributed by atoms with Crippen LogP contribution >= 0.6 is 42.5 Å². The van der Waals surface area contributed by atoms with Gasteiger partial charge in [-0.3, -0.25) is 4.79 Å². The van der Waals surface area contributed by atoms with Crippen LogP contribution in [0.2, 0.25) is 0 Å². The molecule has 4 aromatic heterocycles. The van der Waals surface area contributed by atoms with Crippen molar-refractivity contribution < 1.29 is 90.3 Å². The Morgan fingerprint density at radius 2 is 1.07 bits per heavy atom. The van der Waals surface area contributed by atoms with E-state index in [2.05, 4.69) is 79.7 Å². The number of aryl methyl sites for hydroxylation is 8. The standard InChI is InChI=1S/C19H22N4O4S.C12H15N.C6H7ClN2O3S.C6H9N3O3S.C6H8N2O.C4H5NO.C3H6Br2.H3N.Na.H2O.H/c24-19(22-28(25,26)16-11-20-23-8-3-9-27-18(16)23)21-17-14-6-1-4-12(14)10-13-5-2-7-15(13)17;13-12-10-5-1-3-8(10)7-9-4-2-6-11(9)12;2*7-13(10,11)5-4-8-9-2-1-3-12-6(5)9;1-4-8-6(9-5-1)2-3-7-8;6-4-1-2-5-3-4;4-2-1-3-5;;;;/h10-11H,1-9H2,(H2,21,22,24);7H,1-6,13H2;4H,1-3H2;4H,1-3H2,(H2,7,10,11);2-3H,1,4-5H2;1-2,5H,3H2;1-3H2;1H3;;1H2;/q;;;;;;;;+1;;-1. The third-order valence-corrected chi connectivity index (χ3v) is 19.9. The maximum absolute atomic E-state index is 12.7. The van der Waals surface area contributed by atoms with Crippen molar-refractivity contribution >= 4 is 94.8 Å². The average Bonchev–Trinajstić information content (AvgIpc) is 1.74. The SMILES string of the molecule is BrCCCBr.N.NS(=O)(=O)c1cnn2c1OCCC2.Nc1c2c(cc3c1CCC3)CCC2.O.O=C(Nc1c2c(cc3c1CCC3)CCC2)NS(=O)(=O)c1cnn2c1OCCC2.O=C1C=CNC1.O=S(=O)(Cl)c1cnn2c1OCCC2.[H-].[Na+].c1cc2n(n1)CCCO2. The maximum Gasteiger partial charge on any atom is 1.00 e. The zero-order valence-electron chi connectivity index (χ0n) is 51.2. The minimum Gasteiger partial charge on any atom is -1.00 e. The topological polar surface area (TPSA) is 399 Å². The van der Waals surface area contributed by atoms with E-state index in [1.807, 2.05) is 10.7 Å². The molecule has 0 bridgehead atoms. The molecule has 0 spiro atoms. The Morgan fingerprint density at radius 3 is 1.49 bits per heavy atom. The van der Waals surface area contributed by atoms with Gasteiger partial charge in [0, 0.05) is 96.8 Å². The number of hydrogen-bond donors (Lipinski definition) is 6. The van der Waals surface area contributed by atoms with Crippen LogP contribution in [0.15, 0.2) is 69.9 Å². The second-order valence-electron chi connectivity index (χ2n) is 21.3. The predicted molar refractivity (Wildman–Crippen MR) is 343 cm³/mol. The molecule has 5 aliphatic heterocycles. The molecule has 9 heterocycles. The molecule has 90 heavy (non-hydrogen) atoms. The molecule has 0 fully saturated rings. The molecule has 0 unspecified atom stereocenters. The minimum absolute atomic E-state index is 0. The molecular formula is C56H78Br2ClN14NaO13S3. The Kier molecular flexibility index (Phi) is 27.9. The summed E-state index contributed by atoms with van der Waals surface area (Å²) in [6, 6.07) is 5.83. The Balaban J connectivity index is 0.000000206. The van der Waals surface area contributed by atoms with E-state index in [-0.39, 0.29) is 80.7 Å². The van der Waals surface area contributed by atoms with Crippen LogP contribution in [0.3, 0.4) is 0 Å². The summed E-state index contributed by atoms with van der Waals surface area (Å²) in [6.07, 6.45) is 26.9. The number of nitrogens with two attached hydrogens (primary N) is 2. The average molecular weight is 1470 g/mol. The number of nitrogen functional groups attached to an aromatic ring is 1. The Bertz CT molecular complexity index is 3670. The summed E-state index contributed by atoms with van der Waals surface area (Å²) in [5.41, 5.74) is 19.0. The monoisotopic (exact) mass is 1470 g/mol. The molecule has 4 aliphatic carbocycles. The first-order valence-electron chi connectivity index (χ1n) is 29.0. The number of aromatic nitrogens is 8. The van der Waals surface area contributed by atoms with Crippen LogP contribution in [-0.2, 0) is 111 Å². The smallest absolute Gasteiger partial charge is 1.00 e. The van der Waals surface area contributed by atoms with E-state index < -0.39 is 35.1 Å². The van der Waals surface area contributed by atoms with Crippen LogP contribution in [-0.4, -0.2) is 125 Å². The van der Waals surface area contributed by atoms with Crippen molar-refractivity contribution in [3.05, 3.63) is 99.8 Å². The number of amides is 2. The number of hydrogen-bond acceptors (Lipinski definition) is 19. The number of anilines is 2. The van der Waals surface area contributed by atoms with Gasteiger partial charge in [0.1, 0.15) is 0 Å². The normalized spacial score (nSPS) is 16.2. The summed E-state index contributed by atoms with van der Waals surface area (Å²) < 4.78 is 99.0. The van der Waals surface area contributed by atoms with Gasteiger partial charge in [-0.1, -0.05) is 44.0 Å². The van der Waals surface area contributed by atoms with Crippen LogP contribution < -0.4 is 80.9 Å². The van der Waals surface area contributed by atoms with E-state index >= 15 is 0 Å². The van der Waals surface area contributed by atoms with E-state index in [0.29, 0.717) is 46.0 Å². The van der Waals surface area contributed by atoms with Gasteiger partial charge in [-0.2, -0.15) is 20.4 Å². The second-order valence-corrected chi connectivity index (χ2v) is 28.6. The third-order valence-electron chi connectivity index (χ3n) is 15.2. The third kappa shape index (κ3) is 18.7. The second kappa shape index (κ2) is 34.1. The van der Waals surface area contributed by atoms with Gasteiger partial charge in [-0.05, 0) is 134 Å². The molecule has 490 valence electrons. The van der Waals surface area contributed by atoms with Crippen molar-refractivity contribution in [3.8, 4) is 23.5 Å². The van der Waals surface area contributed by atoms with Crippen molar-refractivity contribution in [1.29, 1.82) is 0 Å². The zero-order valence-corrected chi connectivity index (χ0v) is 58.6. The summed E-state index contributed by atoms with van der Waals surface area (Å²) >= 11 is 6.56. The van der Waals surface area contributed by atoms with Crippen LogP contribution in [0, 0.1) is 0 Å². The molecule has 6 aromatic rings. The first-order valence-corrected chi connectivity index (χ1v) is 36.6. The molecule has 0 saturated heterocycles. The summed E-state index contributed by atoms with van der Waals surface area (Å²) in [5, 5.41) is 28.6. The number of carbonyl (C=O) groups is 2. The summed E-state index contributed by atoms with van der Waals surface area (Å²) in [7, 11) is -6.35. The van der Waals surface area contributed by atoms with E-state index in [9.17, 15) is 34.8 Å². The largest absolute Gasteiger partial charge is 1.00 e. The van der Waals surface area contributed by atoms with Crippen molar-refractivity contribution in [2.45, 2.75) is 150 Å². The molecule has 0 saturated carbocycles. The van der Waals surface area contributed by atoms with Crippen LogP contribution in [0.25, 0.3) is 0 Å². The quantitative estimate of drug-likeness (QED) is 0.0578. The summed E-state index contributed by atoms with van der Waals surface area (Å²) in [6.45, 7) is 5.71. The molecule has 0 atom stereocenters. The Morgan fingerprint density at radius 1 is 0.633 bits per heavy atom.